The number of carbonyl (C=O) groups is 1. The third kappa shape index (κ3) is 3.69. The molecule has 0 fully saturated rings. The maximum Gasteiger partial charge on any atom is 0.337 e. The number of ether oxygens (including phenoxy) is 1. The third-order valence-electron chi connectivity index (χ3n) is 5.36. The van der Waals surface area contributed by atoms with E-state index in [0.717, 1.165) is 16.7 Å². The van der Waals surface area contributed by atoms with Crippen molar-refractivity contribution < 1.29 is 14.6 Å². The molecule has 3 aromatic carbocycles. The SMILES string of the molecule is CCOc1nc2cccc(C(=O)O)c2n1C(c1ccccc1)c1cccc(-c2nn[nH]n2)c1. The normalized spacial score (nSPS) is 12.0. The van der Waals surface area contributed by atoms with Crippen LogP contribution in [0.5, 0.6) is 6.01 Å². The Kier molecular flexibility index (Phi) is 5.27. The van der Waals surface area contributed by atoms with Crippen LogP contribution < -0.4 is 4.74 Å². The van der Waals surface area contributed by atoms with Crippen molar-refractivity contribution in [1.29, 1.82) is 0 Å². The summed E-state index contributed by atoms with van der Waals surface area (Å²) in [6.07, 6.45) is 0. The van der Waals surface area contributed by atoms with Crippen LogP contribution in [0.25, 0.3) is 22.4 Å². The molecule has 0 spiro atoms. The number of hydrogen-bond acceptors (Lipinski definition) is 6. The van der Waals surface area contributed by atoms with E-state index in [9.17, 15) is 9.90 Å². The number of imidazole rings is 1. The molecule has 5 aromatic rings. The number of nitrogens with zero attached hydrogens (tertiary/aromatic N) is 5. The van der Waals surface area contributed by atoms with Crippen molar-refractivity contribution in [1.82, 2.24) is 30.2 Å². The topological polar surface area (TPSA) is 119 Å². The Morgan fingerprint density at radius 2 is 1.85 bits per heavy atom. The molecular weight excluding hydrogens is 420 g/mol. The second kappa shape index (κ2) is 8.54. The summed E-state index contributed by atoms with van der Waals surface area (Å²) in [5.41, 5.74) is 3.82. The molecule has 9 heteroatoms. The van der Waals surface area contributed by atoms with Gasteiger partial charge in [-0.05, 0) is 41.5 Å². The molecule has 1 atom stereocenters. The fraction of sp³-hybridized carbons (Fsp3) is 0.125. The van der Waals surface area contributed by atoms with Crippen molar-refractivity contribution >= 4 is 17.0 Å². The number of carboxylic acid groups (broad SMARTS) is 1. The summed E-state index contributed by atoms with van der Waals surface area (Å²) in [5, 5.41) is 24.2. The Labute approximate surface area is 188 Å². The van der Waals surface area contributed by atoms with E-state index in [4.69, 9.17) is 4.74 Å². The number of benzene rings is 3. The first-order valence-electron chi connectivity index (χ1n) is 10.4. The molecule has 9 nitrogen and oxygen atoms in total. The van der Waals surface area contributed by atoms with Crippen LogP contribution in [-0.2, 0) is 0 Å². The lowest BCUT2D eigenvalue weighted by atomic mass is 9.96. The van der Waals surface area contributed by atoms with Crippen LogP contribution in [0, 0.1) is 0 Å². The molecule has 1 unspecified atom stereocenters. The minimum absolute atomic E-state index is 0.154. The number of aromatic amines is 1. The van der Waals surface area contributed by atoms with Gasteiger partial charge in [0.05, 0.1) is 29.2 Å². The van der Waals surface area contributed by atoms with Crippen molar-refractivity contribution in [2.24, 2.45) is 0 Å². The number of tetrazole rings is 1. The Morgan fingerprint density at radius 3 is 2.58 bits per heavy atom. The average Bonchev–Trinajstić information content (AvgIpc) is 3.49. The lowest BCUT2D eigenvalue weighted by Crippen LogP contribution is -2.16. The zero-order chi connectivity index (χ0) is 22.8. The van der Waals surface area contributed by atoms with Gasteiger partial charge in [-0.2, -0.15) is 10.2 Å². The predicted octanol–water partition coefficient (Wildman–Crippen LogP) is 3.95. The highest BCUT2D eigenvalue weighted by molar-refractivity contribution is 6.01. The number of H-pyrrole nitrogens is 1. The van der Waals surface area contributed by atoms with Gasteiger partial charge in [-0.25, -0.2) is 4.79 Å². The Bertz CT molecular complexity index is 1410. The van der Waals surface area contributed by atoms with Gasteiger partial charge in [0.2, 0.25) is 5.82 Å². The second-order valence-corrected chi connectivity index (χ2v) is 7.35. The number of aromatic nitrogens is 6. The average molecular weight is 440 g/mol. The predicted molar refractivity (Wildman–Crippen MR) is 121 cm³/mol. The van der Waals surface area contributed by atoms with E-state index in [2.05, 4.69) is 25.6 Å². The first-order valence-corrected chi connectivity index (χ1v) is 10.4. The highest BCUT2D eigenvalue weighted by Gasteiger charge is 2.27. The van der Waals surface area contributed by atoms with E-state index in [1.807, 2.05) is 66.1 Å². The summed E-state index contributed by atoms with van der Waals surface area (Å²) in [6, 6.07) is 22.6. The number of fused-ring (bicyclic) bond motifs is 1. The van der Waals surface area contributed by atoms with Crippen LogP contribution in [0.3, 0.4) is 0 Å². The molecule has 0 radical (unpaired) electrons. The van der Waals surface area contributed by atoms with Crippen molar-refractivity contribution in [3.8, 4) is 17.4 Å². The van der Waals surface area contributed by atoms with Crippen LogP contribution in [0.2, 0.25) is 0 Å². The van der Waals surface area contributed by atoms with E-state index in [0.29, 0.717) is 29.5 Å². The van der Waals surface area contributed by atoms with Crippen LogP contribution in [0.1, 0.15) is 34.5 Å². The Balaban J connectivity index is 1.82. The molecule has 164 valence electrons. The van der Waals surface area contributed by atoms with Crippen LogP contribution in [-0.4, -0.2) is 47.9 Å². The molecule has 5 rings (SSSR count). The van der Waals surface area contributed by atoms with E-state index in [-0.39, 0.29) is 5.56 Å². The summed E-state index contributed by atoms with van der Waals surface area (Å²) in [5.74, 6) is -0.562. The highest BCUT2D eigenvalue weighted by atomic mass is 16.5. The van der Waals surface area contributed by atoms with E-state index < -0.39 is 12.0 Å². The molecule has 0 saturated carbocycles. The fourth-order valence-corrected chi connectivity index (χ4v) is 4.03. The van der Waals surface area contributed by atoms with Gasteiger partial charge in [0, 0.05) is 5.56 Å². The molecule has 0 aliphatic rings. The molecule has 33 heavy (non-hydrogen) atoms. The van der Waals surface area contributed by atoms with Gasteiger partial charge >= 0.3 is 5.97 Å². The van der Waals surface area contributed by atoms with E-state index in [1.165, 1.54) is 0 Å². The summed E-state index contributed by atoms with van der Waals surface area (Å²) in [6.45, 7) is 2.26. The molecule has 0 bridgehead atoms. The third-order valence-corrected chi connectivity index (χ3v) is 5.36. The molecular formula is C24H20N6O3. The summed E-state index contributed by atoms with van der Waals surface area (Å²) >= 11 is 0. The molecule has 0 amide bonds. The zero-order valence-electron chi connectivity index (χ0n) is 17.7. The van der Waals surface area contributed by atoms with Crippen LogP contribution in [0.15, 0.2) is 72.8 Å². The first kappa shape index (κ1) is 20.4. The van der Waals surface area contributed by atoms with Gasteiger partial charge in [-0.1, -0.05) is 54.6 Å². The van der Waals surface area contributed by atoms with Gasteiger partial charge in [-0.3, -0.25) is 4.57 Å². The van der Waals surface area contributed by atoms with Crippen molar-refractivity contribution in [2.75, 3.05) is 6.61 Å². The van der Waals surface area contributed by atoms with E-state index >= 15 is 0 Å². The number of nitrogens with one attached hydrogen (secondary N) is 1. The van der Waals surface area contributed by atoms with Gasteiger partial charge in [0.1, 0.15) is 0 Å². The fourth-order valence-electron chi connectivity index (χ4n) is 4.03. The van der Waals surface area contributed by atoms with Gasteiger partial charge in [-0.15, -0.1) is 10.2 Å². The monoisotopic (exact) mass is 440 g/mol. The molecule has 2 heterocycles. The highest BCUT2D eigenvalue weighted by Crippen LogP contribution is 2.37. The van der Waals surface area contributed by atoms with Crippen molar-refractivity contribution in [3.05, 3.63) is 89.5 Å². The molecule has 2 aromatic heterocycles. The van der Waals surface area contributed by atoms with Gasteiger partial charge in [0.15, 0.2) is 0 Å². The minimum atomic E-state index is -1.03. The maximum absolute atomic E-state index is 12.1. The van der Waals surface area contributed by atoms with Gasteiger partial charge in [0.25, 0.3) is 6.01 Å². The van der Waals surface area contributed by atoms with Gasteiger partial charge < -0.3 is 9.84 Å². The van der Waals surface area contributed by atoms with E-state index in [1.54, 1.807) is 18.2 Å². The number of hydrogen-bond donors (Lipinski definition) is 2. The van der Waals surface area contributed by atoms with Crippen LogP contribution in [0.4, 0.5) is 0 Å². The number of aromatic carboxylic acids is 1. The van der Waals surface area contributed by atoms with Crippen molar-refractivity contribution in [3.63, 3.8) is 0 Å². The van der Waals surface area contributed by atoms with Crippen LogP contribution >= 0.6 is 0 Å². The standard InChI is InChI=1S/C24H20N6O3/c1-2-33-24-25-19-13-7-12-18(23(31)32)21(19)30(24)20(15-8-4-3-5-9-15)16-10-6-11-17(14-16)22-26-28-29-27-22/h3-14,20H,2H2,1H3,(H,31,32)(H,26,27,28,29). The Hall–Kier alpha value is -4.53. The second-order valence-electron chi connectivity index (χ2n) is 7.35. The lowest BCUT2D eigenvalue weighted by molar-refractivity contribution is 0.0698. The molecule has 0 aliphatic carbocycles. The summed E-state index contributed by atoms with van der Waals surface area (Å²) in [4.78, 5) is 16.8. The quantitative estimate of drug-likeness (QED) is 0.393. The lowest BCUT2D eigenvalue weighted by Gasteiger charge is -2.23. The number of carboxylic acids is 1. The first-order chi connectivity index (χ1) is 16.2. The summed E-state index contributed by atoms with van der Waals surface area (Å²) in [7, 11) is 0. The smallest absolute Gasteiger partial charge is 0.337 e. The number of para-hydroxylation sites is 1. The molecule has 2 N–H and O–H groups in total. The minimum Gasteiger partial charge on any atom is -0.478 e. The zero-order valence-corrected chi connectivity index (χ0v) is 17.7. The largest absolute Gasteiger partial charge is 0.478 e. The summed E-state index contributed by atoms with van der Waals surface area (Å²) < 4.78 is 7.76. The molecule has 0 saturated heterocycles. The Morgan fingerprint density at radius 1 is 1.06 bits per heavy atom. The van der Waals surface area contributed by atoms with Crippen molar-refractivity contribution in [2.45, 2.75) is 13.0 Å². The number of rotatable bonds is 7. The molecule has 0 aliphatic heterocycles. The maximum atomic E-state index is 12.1.